The van der Waals surface area contributed by atoms with Crippen molar-refractivity contribution in [1.29, 1.82) is 0 Å². The van der Waals surface area contributed by atoms with E-state index in [1.54, 1.807) is 6.92 Å². The Morgan fingerprint density at radius 2 is 1.93 bits per heavy atom. The van der Waals surface area contributed by atoms with Crippen molar-refractivity contribution in [2.45, 2.75) is 45.3 Å². The maximum Gasteiger partial charge on any atom is 0.366 e. The third kappa shape index (κ3) is 4.93. The molecular weight excluding hydrogens is 382 g/mol. The van der Waals surface area contributed by atoms with Gasteiger partial charge in [-0.2, -0.15) is 0 Å². The maximum atomic E-state index is 11.7. The quantitative estimate of drug-likeness (QED) is 0.494. The van der Waals surface area contributed by atoms with Gasteiger partial charge in [-0.25, -0.2) is 9.78 Å². The predicted molar refractivity (Wildman–Crippen MR) is 105 cm³/mol. The molecule has 0 unspecified atom stereocenters. The van der Waals surface area contributed by atoms with Crippen LogP contribution in [0.25, 0.3) is 11.5 Å². The van der Waals surface area contributed by atoms with Gasteiger partial charge in [0.2, 0.25) is 5.89 Å². The molecule has 0 saturated carbocycles. The molecule has 152 valence electrons. The van der Waals surface area contributed by atoms with E-state index in [2.05, 4.69) is 4.98 Å². The zero-order valence-corrected chi connectivity index (χ0v) is 17.3. The molecule has 0 spiro atoms. The van der Waals surface area contributed by atoms with Crippen molar-refractivity contribution in [2.75, 3.05) is 20.3 Å². The van der Waals surface area contributed by atoms with E-state index in [1.807, 2.05) is 31.2 Å². The lowest BCUT2D eigenvalue weighted by molar-refractivity contribution is -0.272. The third-order valence-electron chi connectivity index (χ3n) is 5.00. The van der Waals surface area contributed by atoms with Crippen molar-refractivity contribution in [3.63, 3.8) is 0 Å². The summed E-state index contributed by atoms with van der Waals surface area (Å²) in [5.41, 5.74) is 1.91. The van der Waals surface area contributed by atoms with Crippen LogP contribution in [0.5, 0.6) is 0 Å². The number of methoxy groups -OCH3 is 1. The number of benzene rings is 1. The molecule has 0 amide bonds. The lowest BCUT2D eigenvalue weighted by Crippen LogP contribution is -2.48. The Kier molecular flexibility index (Phi) is 6.75. The van der Waals surface area contributed by atoms with Gasteiger partial charge in [-0.1, -0.05) is 18.0 Å². The van der Waals surface area contributed by atoms with E-state index < -0.39 is 11.8 Å². The fourth-order valence-electron chi connectivity index (χ4n) is 3.21. The minimum atomic E-state index is -1.28. The molecule has 1 fully saturated rings. The number of carbonyl (C=O) groups is 1. The number of ether oxygens (including phenoxy) is 3. The van der Waals surface area contributed by atoms with Gasteiger partial charge < -0.3 is 18.6 Å². The Morgan fingerprint density at radius 1 is 1.25 bits per heavy atom. The Hall–Kier alpha value is -1.89. The lowest BCUT2D eigenvalue weighted by Gasteiger charge is -2.35. The van der Waals surface area contributed by atoms with Crippen molar-refractivity contribution in [2.24, 2.45) is 5.92 Å². The van der Waals surface area contributed by atoms with E-state index in [0.717, 1.165) is 42.7 Å². The molecule has 0 N–H and O–H groups in total. The van der Waals surface area contributed by atoms with Gasteiger partial charge in [0.1, 0.15) is 5.76 Å². The number of hydrogen-bond donors (Lipinski definition) is 0. The molecule has 1 aromatic heterocycles. The van der Waals surface area contributed by atoms with Crippen LogP contribution in [0.3, 0.4) is 0 Å². The second-order valence-electron chi connectivity index (χ2n) is 7.20. The van der Waals surface area contributed by atoms with Crippen LogP contribution in [0.2, 0.25) is 5.02 Å². The molecule has 1 saturated heterocycles. The van der Waals surface area contributed by atoms with Gasteiger partial charge >= 0.3 is 5.97 Å². The summed E-state index contributed by atoms with van der Waals surface area (Å²) in [6.07, 6.45) is 3.85. The minimum absolute atomic E-state index is 0.278. The van der Waals surface area contributed by atoms with E-state index in [4.69, 9.17) is 30.2 Å². The van der Waals surface area contributed by atoms with Crippen molar-refractivity contribution in [1.82, 2.24) is 4.98 Å². The van der Waals surface area contributed by atoms with E-state index in [9.17, 15) is 4.79 Å². The molecule has 6 nitrogen and oxygen atoms in total. The second kappa shape index (κ2) is 9.07. The number of nitrogens with zero attached hydrogens (tertiary/aromatic N) is 1. The summed E-state index contributed by atoms with van der Waals surface area (Å²) in [5, 5.41) is 0.690. The molecule has 0 bridgehead atoms. The molecule has 0 aliphatic carbocycles. The lowest BCUT2D eigenvalue weighted by atomic mass is 10.0. The number of hydrogen-bond acceptors (Lipinski definition) is 6. The van der Waals surface area contributed by atoms with Gasteiger partial charge in [0.15, 0.2) is 0 Å². The fourth-order valence-corrected chi connectivity index (χ4v) is 3.34. The molecule has 1 aliphatic rings. The van der Waals surface area contributed by atoms with Crippen LogP contribution in [0.15, 0.2) is 28.7 Å². The SMILES string of the molecule is COC(=O)C1(C)OCC(CCCCc2nc(-c3ccc(Cl)cc3)oc2C)CO1. The summed E-state index contributed by atoms with van der Waals surface area (Å²) < 4.78 is 21.7. The minimum Gasteiger partial charge on any atom is -0.465 e. The van der Waals surface area contributed by atoms with Crippen LogP contribution in [0, 0.1) is 12.8 Å². The van der Waals surface area contributed by atoms with Crippen LogP contribution in [0.1, 0.15) is 37.6 Å². The number of aromatic nitrogens is 1. The summed E-state index contributed by atoms with van der Waals surface area (Å²) in [4.78, 5) is 16.3. The highest BCUT2D eigenvalue weighted by Gasteiger charge is 2.41. The highest BCUT2D eigenvalue weighted by Crippen LogP contribution is 2.27. The molecular formula is C21H26ClNO5. The fraction of sp³-hybridized carbons (Fsp3) is 0.524. The zero-order valence-electron chi connectivity index (χ0n) is 16.5. The van der Waals surface area contributed by atoms with Gasteiger partial charge in [0.25, 0.3) is 5.79 Å². The third-order valence-corrected chi connectivity index (χ3v) is 5.26. The number of aryl methyl sites for hydroxylation is 2. The van der Waals surface area contributed by atoms with E-state index >= 15 is 0 Å². The topological polar surface area (TPSA) is 70.8 Å². The molecule has 0 radical (unpaired) electrons. The predicted octanol–water partition coefficient (Wildman–Crippen LogP) is 4.57. The summed E-state index contributed by atoms with van der Waals surface area (Å²) in [7, 11) is 1.33. The zero-order chi connectivity index (χ0) is 20.1. The van der Waals surface area contributed by atoms with Gasteiger partial charge in [0, 0.05) is 23.4 Å². The summed E-state index contributed by atoms with van der Waals surface area (Å²) in [6.45, 7) is 4.53. The molecule has 1 aliphatic heterocycles. The van der Waals surface area contributed by atoms with Crippen molar-refractivity contribution in [3.05, 3.63) is 40.7 Å². The number of esters is 1. The van der Waals surface area contributed by atoms with Crippen molar-refractivity contribution < 1.29 is 23.4 Å². The molecule has 2 heterocycles. The molecule has 3 rings (SSSR count). The highest BCUT2D eigenvalue weighted by molar-refractivity contribution is 6.30. The first-order valence-corrected chi connectivity index (χ1v) is 9.87. The molecule has 0 atom stereocenters. The summed E-state index contributed by atoms with van der Waals surface area (Å²) in [5.74, 6) is -0.0191. The monoisotopic (exact) mass is 407 g/mol. The Labute approximate surface area is 170 Å². The smallest absolute Gasteiger partial charge is 0.366 e. The normalized spacial score (nSPS) is 22.2. The van der Waals surface area contributed by atoms with Crippen LogP contribution in [0.4, 0.5) is 0 Å². The first kappa shape index (κ1) is 20.8. The number of oxazole rings is 1. The number of carbonyl (C=O) groups excluding carboxylic acids is 1. The van der Waals surface area contributed by atoms with Crippen LogP contribution >= 0.6 is 11.6 Å². The van der Waals surface area contributed by atoms with Gasteiger partial charge in [-0.15, -0.1) is 0 Å². The summed E-state index contributed by atoms with van der Waals surface area (Å²) in [6, 6.07) is 7.47. The van der Waals surface area contributed by atoms with Gasteiger partial charge in [-0.3, -0.25) is 0 Å². The van der Waals surface area contributed by atoms with Crippen LogP contribution < -0.4 is 0 Å². The van der Waals surface area contributed by atoms with E-state index in [1.165, 1.54) is 7.11 Å². The first-order valence-electron chi connectivity index (χ1n) is 9.50. The first-order chi connectivity index (χ1) is 13.4. The summed E-state index contributed by atoms with van der Waals surface area (Å²) >= 11 is 5.93. The highest BCUT2D eigenvalue weighted by atomic mass is 35.5. The largest absolute Gasteiger partial charge is 0.465 e. The average molecular weight is 408 g/mol. The van der Waals surface area contributed by atoms with Gasteiger partial charge in [-0.05, 0) is 50.5 Å². The molecule has 2 aromatic rings. The van der Waals surface area contributed by atoms with E-state index in [-0.39, 0.29) is 5.92 Å². The van der Waals surface area contributed by atoms with E-state index in [0.29, 0.717) is 24.1 Å². The Bertz CT molecular complexity index is 794. The standard InChI is InChI=1S/C21H26ClNO5/c1-14-18(23-19(28-14)16-8-10-17(22)11-9-16)7-5-4-6-15-12-26-21(2,27-13-15)20(24)25-3/h8-11,15H,4-7,12-13H2,1-3H3. The average Bonchev–Trinajstić information content (AvgIpc) is 3.07. The molecule has 28 heavy (non-hydrogen) atoms. The number of rotatable bonds is 7. The van der Waals surface area contributed by atoms with Crippen molar-refractivity contribution in [3.8, 4) is 11.5 Å². The Balaban J connectivity index is 1.44. The van der Waals surface area contributed by atoms with Crippen LogP contribution in [-0.4, -0.2) is 37.1 Å². The second-order valence-corrected chi connectivity index (χ2v) is 7.64. The van der Waals surface area contributed by atoms with Crippen LogP contribution in [-0.2, 0) is 25.4 Å². The number of unbranched alkanes of at least 4 members (excludes halogenated alkanes) is 1. The molecule has 1 aromatic carbocycles. The van der Waals surface area contributed by atoms with Crippen molar-refractivity contribution >= 4 is 17.6 Å². The van der Waals surface area contributed by atoms with Gasteiger partial charge in [0.05, 0.1) is 26.0 Å². The molecule has 7 heteroatoms. The number of halogens is 1. The maximum absolute atomic E-state index is 11.7. The Morgan fingerprint density at radius 3 is 2.57 bits per heavy atom.